The SMILES string of the molecule is CCNC(COCC(F)(F)F)Cc1ccc(Br)cc1. The normalized spacial score (nSPS) is 13.5. The summed E-state index contributed by atoms with van der Waals surface area (Å²) in [4.78, 5) is 0. The number of nitrogens with one attached hydrogen (secondary N) is 1. The Morgan fingerprint density at radius 2 is 1.89 bits per heavy atom. The van der Waals surface area contributed by atoms with Crippen molar-refractivity contribution in [2.45, 2.75) is 25.6 Å². The highest BCUT2D eigenvalue weighted by Gasteiger charge is 2.27. The van der Waals surface area contributed by atoms with E-state index in [1.165, 1.54) is 0 Å². The fraction of sp³-hybridized carbons (Fsp3) is 0.538. The number of hydrogen-bond acceptors (Lipinski definition) is 2. The first-order chi connectivity index (χ1) is 8.90. The Balaban J connectivity index is 2.45. The molecule has 2 nitrogen and oxygen atoms in total. The van der Waals surface area contributed by atoms with Gasteiger partial charge in [-0.25, -0.2) is 0 Å². The third-order valence-corrected chi connectivity index (χ3v) is 3.00. The average molecular weight is 340 g/mol. The number of benzene rings is 1. The van der Waals surface area contributed by atoms with E-state index in [9.17, 15) is 13.2 Å². The molecule has 19 heavy (non-hydrogen) atoms. The molecule has 1 atom stereocenters. The summed E-state index contributed by atoms with van der Waals surface area (Å²) in [5.74, 6) is 0. The first-order valence-corrected chi connectivity index (χ1v) is 6.82. The van der Waals surface area contributed by atoms with E-state index in [1.807, 2.05) is 31.2 Å². The minimum atomic E-state index is -4.27. The highest BCUT2D eigenvalue weighted by molar-refractivity contribution is 9.10. The molecule has 0 fully saturated rings. The Morgan fingerprint density at radius 3 is 2.42 bits per heavy atom. The van der Waals surface area contributed by atoms with Crippen LogP contribution >= 0.6 is 15.9 Å². The van der Waals surface area contributed by atoms with Crippen molar-refractivity contribution in [3.8, 4) is 0 Å². The molecule has 1 N–H and O–H groups in total. The molecule has 0 heterocycles. The second kappa shape index (κ2) is 7.87. The average Bonchev–Trinajstić information content (AvgIpc) is 2.30. The van der Waals surface area contributed by atoms with E-state index in [4.69, 9.17) is 4.74 Å². The van der Waals surface area contributed by atoms with E-state index in [0.717, 1.165) is 10.0 Å². The summed E-state index contributed by atoms with van der Waals surface area (Å²) < 4.78 is 41.7. The molecule has 0 aliphatic heterocycles. The molecule has 0 saturated heterocycles. The molecule has 1 aromatic carbocycles. The van der Waals surface area contributed by atoms with Gasteiger partial charge in [-0.2, -0.15) is 13.2 Å². The summed E-state index contributed by atoms with van der Waals surface area (Å²) in [7, 11) is 0. The van der Waals surface area contributed by atoms with Crippen molar-refractivity contribution in [3.63, 3.8) is 0 Å². The molecule has 0 saturated carbocycles. The van der Waals surface area contributed by atoms with Gasteiger partial charge in [-0.05, 0) is 30.7 Å². The van der Waals surface area contributed by atoms with Crippen molar-refractivity contribution in [2.75, 3.05) is 19.8 Å². The first-order valence-electron chi connectivity index (χ1n) is 6.03. The summed E-state index contributed by atoms with van der Waals surface area (Å²) in [6.07, 6.45) is -3.63. The second-order valence-corrected chi connectivity index (χ2v) is 5.13. The van der Waals surface area contributed by atoms with Crippen LogP contribution in [0.25, 0.3) is 0 Å². The largest absolute Gasteiger partial charge is 0.411 e. The van der Waals surface area contributed by atoms with Gasteiger partial charge in [0.2, 0.25) is 0 Å². The van der Waals surface area contributed by atoms with Gasteiger partial charge in [-0.3, -0.25) is 0 Å². The van der Waals surface area contributed by atoms with Crippen LogP contribution in [-0.4, -0.2) is 32.0 Å². The smallest absolute Gasteiger partial charge is 0.370 e. The van der Waals surface area contributed by atoms with Gasteiger partial charge in [-0.15, -0.1) is 0 Å². The predicted octanol–water partition coefficient (Wildman–Crippen LogP) is 3.55. The van der Waals surface area contributed by atoms with Gasteiger partial charge >= 0.3 is 6.18 Å². The van der Waals surface area contributed by atoms with Crippen LogP contribution in [-0.2, 0) is 11.2 Å². The third kappa shape index (κ3) is 7.54. The molecule has 0 amide bonds. The molecule has 0 aliphatic carbocycles. The molecular weight excluding hydrogens is 323 g/mol. The van der Waals surface area contributed by atoms with Crippen molar-refractivity contribution in [1.29, 1.82) is 0 Å². The number of hydrogen-bond donors (Lipinski definition) is 1. The van der Waals surface area contributed by atoms with Gasteiger partial charge < -0.3 is 10.1 Å². The van der Waals surface area contributed by atoms with E-state index in [2.05, 4.69) is 21.2 Å². The number of ether oxygens (including phenoxy) is 1. The lowest BCUT2D eigenvalue weighted by molar-refractivity contribution is -0.175. The fourth-order valence-electron chi connectivity index (χ4n) is 1.70. The summed E-state index contributed by atoms with van der Waals surface area (Å²) in [6.45, 7) is 1.45. The predicted molar refractivity (Wildman–Crippen MR) is 72.2 cm³/mol. The Hall–Kier alpha value is -0.590. The number of likely N-dealkylation sites (N-methyl/N-ethyl adjacent to an activating group) is 1. The zero-order chi connectivity index (χ0) is 14.3. The Bertz CT molecular complexity index is 367. The summed E-state index contributed by atoms with van der Waals surface area (Å²) >= 11 is 3.34. The molecule has 1 unspecified atom stereocenters. The van der Waals surface area contributed by atoms with Crippen molar-refractivity contribution in [2.24, 2.45) is 0 Å². The van der Waals surface area contributed by atoms with Crippen molar-refractivity contribution in [1.82, 2.24) is 5.32 Å². The molecule has 0 bridgehead atoms. The van der Waals surface area contributed by atoms with Crippen LogP contribution in [0.15, 0.2) is 28.7 Å². The molecule has 1 aromatic rings. The van der Waals surface area contributed by atoms with E-state index in [1.54, 1.807) is 0 Å². The lowest BCUT2D eigenvalue weighted by Crippen LogP contribution is -2.36. The highest BCUT2D eigenvalue weighted by atomic mass is 79.9. The van der Waals surface area contributed by atoms with Crippen LogP contribution in [0.3, 0.4) is 0 Å². The van der Waals surface area contributed by atoms with E-state index < -0.39 is 12.8 Å². The van der Waals surface area contributed by atoms with Gasteiger partial charge in [-0.1, -0.05) is 35.0 Å². The molecule has 108 valence electrons. The third-order valence-electron chi connectivity index (χ3n) is 2.47. The Kier molecular flexibility index (Phi) is 6.82. The summed E-state index contributed by atoms with van der Waals surface area (Å²) in [5.41, 5.74) is 1.06. The maximum atomic E-state index is 12.0. The van der Waals surface area contributed by atoms with Gasteiger partial charge in [0.15, 0.2) is 0 Å². The van der Waals surface area contributed by atoms with Crippen LogP contribution in [0, 0.1) is 0 Å². The molecule has 0 spiro atoms. The monoisotopic (exact) mass is 339 g/mol. The quantitative estimate of drug-likeness (QED) is 0.820. The standard InChI is InChI=1S/C13H17BrF3NO/c1-2-18-12(8-19-9-13(15,16)17)7-10-3-5-11(14)6-4-10/h3-6,12,18H,2,7-9H2,1H3. The maximum absolute atomic E-state index is 12.0. The van der Waals surface area contributed by atoms with Crippen LogP contribution in [0.1, 0.15) is 12.5 Å². The minimum absolute atomic E-state index is 0.0451. The summed E-state index contributed by atoms with van der Waals surface area (Å²) in [6, 6.07) is 7.59. The topological polar surface area (TPSA) is 21.3 Å². The van der Waals surface area contributed by atoms with Crippen molar-refractivity contribution < 1.29 is 17.9 Å². The zero-order valence-electron chi connectivity index (χ0n) is 10.6. The maximum Gasteiger partial charge on any atom is 0.411 e. The number of alkyl halides is 3. The van der Waals surface area contributed by atoms with Crippen molar-refractivity contribution in [3.05, 3.63) is 34.3 Å². The second-order valence-electron chi connectivity index (χ2n) is 4.22. The highest BCUT2D eigenvalue weighted by Crippen LogP contribution is 2.15. The van der Waals surface area contributed by atoms with Crippen LogP contribution in [0.4, 0.5) is 13.2 Å². The van der Waals surface area contributed by atoms with Gasteiger partial charge in [0.05, 0.1) is 6.61 Å². The van der Waals surface area contributed by atoms with Gasteiger partial charge in [0.1, 0.15) is 6.61 Å². The lowest BCUT2D eigenvalue weighted by atomic mass is 10.1. The van der Waals surface area contributed by atoms with Crippen LogP contribution in [0.5, 0.6) is 0 Å². The number of rotatable bonds is 7. The molecular formula is C13H17BrF3NO. The number of halogens is 4. The minimum Gasteiger partial charge on any atom is -0.370 e. The van der Waals surface area contributed by atoms with Crippen LogP contribution < -0.4 is 5.32 Å². The van der Waals surface area contributed by atoms with Gasteiger partial charge in [0.25, 0.3) is 0 Å². The lowest BCUT2D eigenvalue weighted by Gasteiger charge is -2.18. The van der Waals surface area contributed by atoms with Crippen molar-refractivity contribution >= 4 is 15.9 Å². The van der Waals surface area contributed by atoms with Gasteiger partial charge in [0, 0.05) is 10.5 Å². The molecule has 0 aliphatic rings. The fourth-order valence-corrected chi connectivity index (χ4v) is 1.96. The van der Waals surface area contributed by atoms with Crippen LogP contribution in [0.2, 0.25) is 0 Å². The summed E-state index contributed by atoms with van der Waals surface area (Å²) in [5, 5.41) is 3.13. The van der Waals surface area contributed by atoms with E-state index in [0.29, 0.717) is 13.0 Å². The molecule has 1 rings (SSSR count). The van der Waals surface area contributed by atoms with E-state index >= 15 is 0 Å². The zero-order valence-corrected chi connectivity index (χ0v) is 12.2. The van der Waals surface area contributed by atoms with E-state index in [-0.39, 0.29) is 12.6 Å². The Labute approximate surface area is 119 Å². The Morgan fingerprint density at radius 1 is 1.26 bits per heavy atom. The molecule has 6 heteroatoms. The molecule has 0 radical (unpaired) electrons. The first kappa shape index (κ1) is 16.5. The molecule has 0 aromatic heterocycles.